The molecular formula is C16H28N4O3S. The van der Waals surface area contributed by atoms with Gasteiger partial charge in [-0.1, -0.05) is 12.8 Å². The highest BCUT2D eigenvalue weighted by Crippen LogP contribution is 2.35. The Hall–Kier alpha value is -1.44. The number of nitrogens with one attached hydrogen (secondary N) is 2. The average Bonchev–Trinajstić information content (AvgIpc) is 3.06. The highest BCUT2D eigenvalue weighted by atomic mass is 32.2. The second kappa shape index (κ2) is 9.76. The van der Waals surface area contributed by atoms with Crippen LogP contribution >= 0.6 is 11.8 Å². The van der Waals surface area contributed by atoms with E-state index < -0.39 is 5.97 Å². The van der Waals surface area contributed by atoms with Crippen LogP contribution in [0.3, 0.4) is 0 Å². The quantitative estimate of drug-likeness (QED) is 0.412. The van der Waals surface area contributed by atoms with Crippen LogP contribution in [0, 0.1) is 0 Å². The van der Waals surface area contributed by atoms with Crippen LogP contribution in [0.4, 0.5) is 0 Å². The van der Waals surface area contributed by atoms with Gasteiger partial charge in [-0.2, -0.15) is 11.8 Å². The van der Waals surface area contributed by atoms with Crippen molar-refractivity contribution < 1.29 is 14.7 Å². The molecular weight excluding hydrogens is 328 g/mol. The van der Waals surface area contributed by atoms with Gasteiger partial charge in [-0.3, -0.25) is 9.59 Å². The van der Waals surface area contributed by atoms with Crippen LogP contribution < -0.4 is 16.4 Å². The van der Waals surface area contributed by atoms with Crippen molar-refractivity contribution in [3.05, 3.63) is 0 Å². The molecule has 7 nitrogen and oxygen atoms in total. The summed E-state index contributed by atoms with van der Waals surface area (Å²) in [6.45, 7) is 0.639. The summed E-state index contributed by atoms with van der Waals surface area (Å²) in [4.78, 5) is 26.6. The van der Waals surface area contributed by atoms with Crippen molar-refractivity contribution in [2.75, 3.05) is 12.3 Å². The summed E-state index contributed by atoms with van der Waals surface area (Å²) in [7, 11) is 0. The number of carbonyl (C=O) groups is 2. The van der Waals surface area contributed by atoms with Crippen LogP contribution in [0.1, 0.15) is 51.4 Å². The first kappa shape index (κ1) is 18.9. The summed E-state index contributed by atoms with van der Waals surface area (Å²) in [6.07, 6.45) is 6.12. The van der Waals surface area contributed by atoms with Gasteiger partial charge in [0.1, 0.15) is 0 Å². The lowest BCUT2D eigenvalue weighted by molar-refractivity contribution is -0.137. The summed E-state index contributed by atoms with van der Waals surface area (Å²) in [5, 5.41) is 15.2. The molecule has 8 heteroatoms. The SMILES string of the molecule is NC1=N[C@@H]2C(CCCCC(=O)NCCCCCC(=O)O)SC[C@@H]2N1. The largest absolute Gasteiger partial charge is 0.481 e. The molecule has 3 atom stereocenters. The topological polar surface area (TPSA) is 117 Å². The monoisotopic (exact) mass is 356 g/mol. The number of hydrogen-bond donors (Lipinski definition) is 4. The minimum absolute atomic E-state index is 0.0926. The Balaban J connectivity index is 1.46. The van der Waals surface area contributed by atoms with E-state index in [0.717, 1.165) is 37.9 Å². The van der Waals surface area contributed by atoms with E-state index >= 15 is 0 Å². The first-order chi connectivity index (χ1) is 11.6. The Morgan fingerprint density at radius 2 is 2.04 bits per heavy atom. The molecule has 0 aromatic carbocycles. The zero-order valence-corrected chi connectivity index (χ0v) is 14.8. The number of carbonyl (C=O) groups excluding carboxylic acids is 1. The number of thioether (sulfide) groups is 1. The number of amides is 1. The molecule has 0 aliphatic carbocycles. The lowest BCUT2D eigenvalue weighted by Crippen LogP contribution is -2.38. The molecule has 1 amide bonds. The Morgan fingerprint density at radius 1 is 1.25 bits per heavy atom. The van der Waals surface area contributed by atoms with Gasteiger partial charge in [0, 0.05) is 30.4 Å². The molecule has 136 valence electrons. The van der Waals surface area contributed by atoms with Gasteiger partial charge in [-0.25, -0.2) is 4.99 Å². The van der Waals surface area contributed by atoms with E-state index in [1.54, 1.807) is 0 Å². The zero-order chi connectivity index (χ0) is 17.4. The number of carboxylic acid groups (broad SMARTS) is 1. The minimum Gasteiger partial charge on any atom is -0.481 e. The predicted octanol–water partition coefficient (Wildman–Crippen LogP) is 1.08. The van der Waals surface area contributed by atoms with Crippen molar-refractivity contribution in [1.29, 1.82) is 0 Å². The van der Waals surface area contributed by atoms with E-state index in [4.69, 9.17) is 10.8 Å². The fraction of sp³-hybridized carbons (Fsp3) is 0.812. The number of hydrogen-bond acceptors (Lipinski definition) is 6. The van der Waals surface area contributed by atoms with Gasteiger partial charge in [0.25, 0.3) is 0 Å². The molecule has 2 aliphatic rings. The van der Waals surface area contributed by atoms with Gasteiger partial charge in [0.05, 0.1) is 12.1 Å². The minimum atomic E-state index is -0.757. The highest BCUT2D eigenvalue weighted by molar-refractivity contribution is 8.00. The predicted molar refractivity (Wildman–Crippen MR) is 96.2 cm³/mol. The maximum Gasteiger partial charge on any atom is 0.303 e. The molecule has 0 bridgehead atoms. The number of nitrogens with zero attached hydrogens (tertiary/aromatic N) is 1. The molecule has 2 heterocycles. The van der Waals surface area contributed by atoms with Crippen molar-refractivity contribution in [3.8, 4) is 0 Å². The van der Waals surface area contributed by atoms with E-state index in [1.807, 2.05) is 11.8 Å². The van der Waals surface area contributed by atoms with Crippen LogP contribution in [-0.2, 0) is 9.59 Å². The second-order valence-electron chi connectivity index (χ2n) is 6.43. The molecule has 1 fully saturated rings. The van der Waals surface area contributed by atoms with Crippen LogP contribution in [-0.4, -0.2) is 52.6 Å². The lowest BCUT2D eigenvalue weighted by Gasteiger charge is -2.14. The van der Waals surface area contributed by atoms with Gasteiger partial charge < -0.3 is 21.5 Å². The molecule has 2 rings (SSSR count). The summed E-state index contributed by atoms with van der Waals surface area (Å²) in [6, 6.07) is 0.694. The fourth-order valence-electron chi connectivity index (χ4n) is 3.15. The van der Waals surface area contributed by atoms with E-state index in [1.165, 1.54) is 0 Å². The third kappa shape index (κ3) is 6.22. The molecule has 5 N–H and O–H groups in total. The van der Waals surface area contributed by atoms with E-state index in [0.29, 0.717) is 42.7 Å². The number of carboxylic acids is 1. The molecule has 0 aromatic heterocycles. The van der Waals surface area contributed by atoms with E-state index in [9.17, 15) is 9.59 Å². The molecule has 1 unspecified atom stereocenters. The van der Waals surface area contributed by atoms with Crippen LogP contribution in [0.25, 0.3) is 0 Å². The maximum absolute atomic E-state index is 11.7. The number of nitrogens with two attached hydrogens (primary N) is 1. The first-order valence-corrected chi connectivity index (χ1v) is 9.81. The van der Waals surface area contributed by atoms with Crippen molar-refractivity contribution in [3.63, 3.8) is 0 Å². The van der Waals surface area contributed by atoms with Gasteiger partial charge in [0.15, 0.2) is 5.96 Å². The summed E-state index contributed by atoms with van der Waals surface area (Å²) < 4.78 is 0. The average molecular weight is 356 g/mol. The summed E-state index contributed by atoms with van der Waals surface area (Å²) >= 11 is 1.95. The molecule has 2 aliphatic heterocycles. The maximum atomic E-state index is 11.7. The Bertz CT molecular complexity index is 472. The van der Waals surface area contributed by atoms with Gasteiger partial charge in [-0.05, 0) is 25.7 Å². The standard InChI is InChI=1S/C16H28N4O3S/c17-16-19-11-10-24-12(15(11)20-16)6-3-4-7-13(21)18-9-5-1-2-8-14(22)23/h11-12,15H,1-10H2,(H,18,21)(H,22,23)(H3,17,19,20)/t11-,12?,15-/m0/s1. The Kier molecular flexibility index (Phi) is 7.68. The van der Waals surface area contributed by atoms with E-state index in [-0.39, 0.29) is 12.3 Å². The van der Waals surface area contributed by atoms with Crippen molar-refractivity contribution >= 4 is 29.6 Å². The van der Waals surface area contributed by atoms with Crippen molar-refractivity contribution in [2.24, 2.45) is 10.7 Å². The third-order valence-corrected chi connectivity index (χ3v) is 5.93. The first-order valence-electron chi connectivity index (χ1n) is 8.76. The van der Waals surface area contributed by atoms with Gasteiger partial charge in [-0.15, -0.1) is 0 Å². The molecule has 24 heavy (non-hydrogen) atoms. The van der Waals surface area contributed by atoms with Gasteiger partial charge >= 0.3 is 5.97 Å². The number of aliphatic imine (C=N–C) groups is 1. The number of fused-ring (bicyclic) bond motifs is 1. The highest BCUT2D eigenvalue weighted by Gasteiger charge is 2.39. The fourth-order valence-corrected chi connectivity index (χ4v) is 4.67. The Morgan fingerprint density at radius 3 is 2.83 bits per heavy atom. The number of guanidine groups is 1. The van der Waals surface area contributed by atoms with Crippen LogP contribution in [0.5, 0.6) is 0 Å². The number of aliphatic carboxylic acids is 1. The molecule has 0 aromatic rings. The van der Waals surface area contributed by atoms with Gasteiger partial charge in [0.2, 0.25) is 5.91 Å². The summed E-state index contributed by atoms with van der Waals surface area (Å²) in [5.41, 5.74) is 5.72. The Labute approximate surface area is 147 Å². The van der Waals surface area contributed by atoms with Crippen LogP contribution in [0.2, 0.25) is 0 Å². The summed E-state index contributed by atoms with van der Waals surface area (Å²) in [5.74, 6) is 0.961. The second-order valence-corrected chi connectivity index (χ2v) is 7.70. The number of unbranched alkanes of at least 4 members (excludes halogenated alkanes) is 3. The zero-order valence-electron chi connectivity index (χ0n) is 14.0. The third-order valence-electron chi connectivity index (χ3n) is 4.44. The molecule has 0 radical (unpaired) electrons. The molecule has 0 saturated carbocycles. The smallest absolute Gasteiger partial charge is 0.303 e. The number of rotatable bonds is 11. The van der Waals surface area contributed by atoms with Crippen LogP contribution in [0.15, 0.2) is 4.99 Å². The normalized spacial score (nSPS) is 25.0. The molecule has 1 saturated heterocycles. The van der Waals surface area contributed by atoms with Crippen molar-refractivity contribution in [2.45, 2.75) is 68.7 Å². The molecule has 0 spiro atoms. The lowest BCUT2D eigenvalue weighted by atomic mass is 10.0. The van der Waals surface area contributed by atoms with E-state index in [2.05, 4.69) is 15.6 Å². The van der Waals surface area contributed by atoms with Crippen molar-refractivity contribution in [1.82, 2.24) is 10.6 Å².